The van der Waals surface area contributed by atoms with Gasteiger partial charge >= 0.3 is 5.97 Å². The van der Waals surface area contributed by atoms with Crippen molar-refractivity contribution in [2.45, 2.75) is 57.5 Å². The van der Waals surface area contributed by atoms with Crippen LogP contribution in [0.3, 0.4) is 0 Å². The minimum atomic E-state index is -0.649. The van der Waals surface area contributed by atoms with Crippen LogP contribution in [0, 0.1) is 0 Å². The van der Waals surface area contributed by atoms with Crippen molar-refractivity contribution in [2.24, 2.45) is 0 Å². The van der Waals surface area contributed by atoms with E-state index in [0.717, 1.165) is 32.2 Å². The molecule has 1 saturated heterocycles. The van der Waals surface area contributed by atoms with Gasteiger partial charge in [-0.15, -0.1) is 0 Å². The number of benzene rings is 1. The van der Waals surface area contributed by atoms with Gasteiger partial charge in [-0.1, -0.05) is 37.3 Å². The van der Waals surface area contributed by atoms with Crippen LogP contribution in [-0.2, 0) is 11.2 Å². The van der Waals surface area contributed by atoms with Crippen LogP contribution in [0.25, 0.3) is 0 Å². The van der Waals surface area contributed by atoms with Crippen molar-refractivity contribution in [1.82, 2.24) is 4.90 Å². The molecule has 1 aliphatic rings. The third-order valence-electron chi connectivity index (χ3n) is 4.75. The second-order valence-electron chi connectivity index (χ2n) is 5.86. The molecule has 2 atom stereocenters. The normalized spacial score (nSPS) is 24.7. The van der Waals surface area contributed by atoms with Crippen LogP contribution in [0.4, 0.5) is 0 Å². The minimum absolute atomic E-state index is 0.314. The molecule has 1 aromatic carbocycles. The van der Waals surface area contributed by atoms with Crippen molar-refractivity contribution < 1.29 is 9.90 Å². The fourth-order valence-electron chi connectivity index (χ4n) is 3.48. The molecule has 1 heterocycles. The monoisotopic (exact) mass is 275 g/mol. The molecular weight excluding hydrogens is 250 g/mol. The van der Waals surface area contributed by atoms with Gasteiger partial charge in [0.1, 0.15) is 5.54 Å². The summed E-state index contributed by atoms with van der Waals surface area (Å²) in [7, 11) is 0. The SMILES string of the molecule is CCC1(C(=O)O)CCCN1C(C)CCc1ccccc1. The van der Waals surface area contributed by atoms with Gasteiger partial charge in [0.05, 0.1) is 0 Å². The van der Waals surface area contributed by atoms with E-state index in [9.17, 15) is 9.90 Å². The van der Waals surface area contributed by atoms with Crippen LogP contribution in [0.1, 0.15) is 45.1 Å². The van der Waals surface area contributed by atoms with E-state index in [0.29, 0.717) is 12.5 Å². The van der Waals surface area contributed by atoms with Crippen LogP contribution in [0.5, 0.6) is 0 Å². The molecule has 1 aromatic rings. The molecular formula is C17H25NO2. The Balaban J connectivity index is 2.01. The highest BCUT2D eigenvalue weighted by atomic mass is 16.4. The summed E-state index contributed by atoms with van der Waals surface area (Å²) in [6.07, 6.45) is 4.50. The number of aryl methyl sites for hydroxylation is 1. The lowest BCUT2D eigenvalue weighted by Crippen LogP contribution is -2.53. The van der Waals surface area contributed by atoms with E-state index in [1.165, 1.54) is 5.56 Å². The maximum atomic E-state index is 11.7. The quantitative estimate of drug-likeness (QED) is 0.865. The zero-order valence-corrected chi connectivity index (χ0v) is 12.5. The highest BCUT2D eigenvalue weighted by molar-refractivity contribution is 5.79. The summed E-state index contributed by atoms with van der Waals surface area (Å²) in [6.45, 7) is 5.08. The average Bonchev–Trinajstić information content (AvgIpc) is 2.91. The second-order valence-corrected chi connectivity index (χ2v) is 5.86. The summed E-state index contributed by atoms with van der Waals surface area (Å²) in [5, 5.41) is 9.63. The number of rotatable bonds is 6. The number of hydrogen-bond donors (Lipinski definition) is 1. The van der Waals surface area contributed by atoms with Crippen molar-refractivity contribution in [3.8, 4) is 0 Å². The van der Waals surface area contributed by atoms with E-state index in [1.807, 2.05) is 13.0 Å². The summed E-state index contributed by atoms with van der Waals surface area (Å²) in [5.74, 6) is -0.649. The topological polar surface area (TPSA) is 40.5 Å². The Labute approximate surface area is 121 Å². The average molecular weight is 275 g/mol. The molecule has 1 N–H and O–H groups in total. The van der Waals surface area contributed by atoms with Gasteiger partial charge in [-0.05, 0) is 51.1 Å². The lowest BCUT2D eigenvalue weighted by atomic mass is 9.91. The van der Waals surface area contributed by atoms with Crippen molar-refractivity contribution >= 4 is 5.97 Å². The Morgan fingerprint density at radius 2 is 2.10 bits per heavy atom. The lowest BCUT2D eigenvalue weighted by molar-refractivity contribution is -0.151. The maximum Gasteiger partial charge on any atom is 0.324 e. The van der Waals surface area contributed by atoms with Gasteiger partial charge in [0, 0.05) is 6.04 Å². The number of carboxylic acid groups (broad SMARTS) is 1. The third-order valence-corrected chi connectivity index (χ3v) is 4.75. The first-order chi connectivity index (χ1) is 9.60. The molecule has 0 bridgehead atoms. The standard InChI is InChI=1S/C17H25NO2/c1-3-17(16(19)20)12-7-13-18(17)14(2)10-11-15-8-5-4-6-9-15/h4-6,8-9,14H,3,7,10-13H2,1-2H3,(H,19,20). The molecule has 0 amide bonds. The van der Waals surface area contributed by atoms with Crippen LogP contribution >= 0.6 is 0 Å². The number of nitrogens with zero attached hydrogens (tertiary/aromatic N) is 1. The number of carboxylic acids is 1. The molecule has 110 valence electrons. The van der Waals surface area contributed by atoms with Crippen LogP contribution in [0.2, 0.25) is 0 Å². The Hall–Kier alpha value is -1.35. The molecule has 0 saturated carbocycles. The Bertz CT molecular complexity index is 446. The first-order valence-corrected chi connectivity index (χ1v) is 7.64. The zero-order chi connectivity index (χ0) is 14.6. The molecule has 0 aliphatic carbocycles. The van der Waals surface area contributed by atoms with Crippen molar-refractivity contribution in [3.05, 3.63) is 35.9 Å². The number of aliphatic carboxylic acids is 1. The molecule has 20 heavy (non-hydrogen) atoms. The third kappa shape index (κ3) is 2.88. The highest BCUT2D eigenvalue weighted by Crippen LogP contribution is 2.35. The fraction of sp³-hybridized carbons (Fsp3) is 0.588. The summed E-state index contributed by atoms with van der Waals surface area (Å²) in [6, 6.07) is 10.7. The van der Waals surface area contributed by atoms with Crippen molar-refractivity contribution in [1.29, 1.82) is 0 Å². The Morgan fingerprint density at radius 1 is 1.40 bits per heavy atom. The van der Waals surface area contributed by atoms with Gasteiger partial charge in [0.15, 0.2) is 0 Å². The largest absolute Gasteiger partial charge is 0.480 e. The minimum Gasteiger partial charge on any atom is -0.480 e. The van der Waals surface area contributed by atoms with E-state index in [-0.39, 0.29) is 0 Å². The fourth-order valence-corrected chi connectivity index (χ4v) is 3.48. The van der Waals surface area contributed by atoms with E-state index in [1.54, 1.807) is 0 Å². The van der Waals surface area contributed by atoms with E-state index in [2.05, 4.69) is 36.1 Å². The van der Waals surface area contributed by atoms with E-state index >= 15 is 0 Å². The van der Waals surface area contributed by atoms with Crippen LogP contribution in [-0.4, -0.2) is 34.1 Å². The first-order valence-electron chi connectivity index (χ1n) is 7.64. The van der Waals surface area contributed by atoms with Gasteiger partial charge in [-0.2, -0.15) is 0 Å². The van der Waals surface area contributed by atoms with Crippen molar-refractivity contribution in [2.75, 3.05) is 6.54 Å². The summed E-state index contributed by atoms with van der Waals surface area (Å²) in [4.78, 5) is 13.9. The molecule has 2 unspecified atom stereocenters. The number of carbonyl (C=O) groups is 1. The molecule has 3 heteroatoms. The number of hydrogen-bond acceptors (Lipinski definition) is 2. The summed E-state index contributed by atoms with van der Waals surface area (Å²) in [5.41, 5.74) is 0.701. The molecule has 2 rings (SSSR count). The van der Waals surface area contributed by atoms with Gasteiger partial charge in [0.25, 0.3) is 0 Å². The second kappa shape index (κ2) is 6.40. The summed E-state index contributed by atoms with van der Waals surface area (Å²) >= 11 is 0. The number of likely N-dealkylation sites (tertiary alicyclic amines) is 1. The van der Waals surface area contributed by atoms with Crippen LogP contribution < -0.4 is 0 Å². The Morgan fingerprint density at radius 3 is 2.70 bits per heavy atom. The molecule has 1 aliphatic heterocycles. The van der Waals surface area contributed by atoms with E-state index in [4.69, 9.17) is 0 Å². The zero-order valence-electron chi connectivity index (χ0n) is 12.5. The van der Waals surface area contributed by atoms with Gasteiger partial charge < -0.3 is 5.11 Å². The van der Waals surface area contributed by atoms with Gasteiger partial charge in [0.2, 0.25) is 0 Å². The smallest absolute Gasteiger partial charge is 0.324 e. The Kier molecular flexibility index (Phi) is 4.81. The van der Waals surface area contributed by atoms with Crippen molar-refractivity contribution in [3.63, 3.8) is 0 Å². The van der Waals surface area contributed by atoms with Gasteiger partial charge in [-0.3, -0.25) is 9.69 Å². The molecule has 0 aromatic heterocycles. The molecule has 3 nitrogen and oxygen atoms in total. The maximum absolute atomic E-state index is 11.7. The molecule has 0 radical (unpaired) electrons. The predicted octanol–water partition coefficient (Wildman–Crippen LogP) is 3.34. The predicted molar refractivity (Wildman–Crippen MR) is 80.8 cm³/mol. The highest BCUT2D eigenvalue weighted by Gasteiger charge is 2.47. The van der Waals surface area contributed by atoms with Crippen LogP contribution in [0.15, 0.2) is 30.3 Å². The van der Waals surface area contributed by atoms with Gasteiger partial charge in [-0.25, -0.2) is 0 Å². The van der Waals surface area contributed by atoms with E-state index < -0.39 is 11.5 Å². The summed E-state index contributed by atoms with van der Waals surface area (Å²) < 4.78 is 0. The first kappa shape index (κ1) is 15.0. The molecule has 0 spiro atoms. The molecule has 1 fully saturated rings. The lowest BCUT2D eigenvalue weighted by Gasteiger charge is -2.38.